The molecule has 0 saturated carbocycles. The molecule has 0 spiro atoms. The highest BCUT2D eigenvalue weighted by Gasteiger charge is 2.19. The summed E-state index contributed by atoms with van der Waals surface area (Å²) in [6, 6.07) is 17.9. The summed E-state index contributed by atoms with van der Waals surface area (Å²) in [5.74, 6) is 0.298. The van der Waals surface area contributed by atoms with Crippen molar-refractivity contribution in [3.63, 3.8) is 0 Å². The Morgan fingerprint density at radius 1 is 1.03 bits per heavy atom. The third-order valence-corrected chi connectivity index (χ3v) is 5.94. The standard InChI is InChI=1S/C23H19N3O4S2/c1-29-17-7-5-8-18(30-2)20(17)21(28)26-23(31)24-13-10-11-14(16(27)12-13)22-25-15-6-3-4-9-19(15)32-22/h3-12,27H,1-2H3,(H2,24,26,28,31). The zero-order valence-corrected chi connectivity index (χ0v) is 18.8. The number of carbonyl (C=O) groups excluding carboxylic acids is 1. The maximum absolute atomic E-state index is 12.7. The molecule has 1 aromatic heterocycles. The van der Waals surface area contributed by atoms with Gasteiger partial charge in [0, 0.05) is 11.8 Å². The van der Waals surface area contributed by atoms with Crippen molar-refractivity contribution in [1.29, 1.82) is 0 Å². The van der Waals surface area contributed by atoms with Gasteiger partial charge in [0.05, 0.1) is 30.0 Å². The lowest BCUT2D eigenvalue weighted by atomic mass is 10.1. The number of carbonyl (C=O) groups is 1. The van der Waals surface area contributed by atoms with E-state index in [1.54, 1.807) is 30.3 Å². The number of ether oxygens (including phenoxy) is 2. The van der Waals surface area contributed by atoms with Crippen LogP contribution in [0.5, 0.6) is 17.2 Å². The van der Waals surface area contributed by atoms with Gasteiger partial charge in [0.1, 0.15) is 27.8 Å². The minimum atomic E-state index is -0.480. The average molecular weight is 466 g/mol. The monoisotopic (exact) mass is 465 g/mol. The van der Waals surface area contributed by atoms with Gasteiger partial charge >= 0.3 is 0 Å². The number of fused-ring (bicyclic) bond motifs is 1. The molecule has 0 saturated heterocycles. The van der Waals surface area contributed by atoms with Crippen molar-refractivity contribution in [1.82, 2.24) is 10.3 Å². The molecule has 4 rings (SSSR count). The van der Waals surface area contributed by atoms with E-state index in [1.807, 2.05) is 24.3 Å². The summed E-state index contributed by atoms with van der Waals surface area (Å²) < 4.78 is 11.6. The predicted octanol–water partition coefficient (Wildman–Crippen LogP) is 4.81. The Kier molecular flexibility index (Phi) is 6.20. The van der Waals surface area contributed by atoms with Gasteiger partial charge < -0.3 is 19.9 Å². The molecule has 0 atom stereocenters. The average Bonchev–Trinajstić information content (AvgIpc) is 3.22. The van der Waals surface area contributed by atoms with Gasteiger partial charge in [0.2, 0.25) is 0 Å². The number of anilines is 1. The number of para-hydroxylation sites is 1. The highest BCUT2D eigenvalue weighted by atomic mass is 32.1. The van der Waals surface area contributed by atoms with E-state index in [1.165, 1.54) is 31.6 Å². The van der Waals surface area contributed by atoms with Crippen LogP contribution in [0, 0.1) is 0 Å². The Morgan fingerprint density at radius 3 is 2.41 bits per heavy atom. The van der Waals surface area contributed by atoms with Crippen molar-refractivity contribution in [2.24, 2.45) is 0 Å². The van der Waals surface area contributed by atoms with Crippen LogP contribution in [0.25, 0.3) is 20.8 Å². The molecule has 7 nitrogen and oxygen atoms in total. The van der Waals surface area contributed by atoms with Crippen LogP contribution in [-0.2, 0) is 0 Å². The fourth-order valence-corrected chi connectivity index (χ4v) is 4.39. The first-order valence-corrected chi connectivity index (χ1v) is 10.7. The van der Waals surface area contributed by atoms with Crippen molar-refractivity contribution < 1.29 is 19.4 Å². The zero-order chi connectivity index (χ0) is 22.7. The number of thiocarbonyl (C=S) groups is 1. The van der Waals surface area contributed by atoms with E-state index in [-0.39, 0.29) is 16.4 Å². The normalized spacial score (nSPS) is 10.6. The fraction of sp³-hybridized carbons (Fsp3) is 0.0870. The van der Waals surface area contributed by atoms with Gasteiger partial charge in [-0.3, -0.25) is 10.1 Å². The van der Waals surface area contributed by atoms with Crippen LogP contribution in [0.2, 0.25) is 0 Å². The second-order valence-electron chi connectivity index (χ2n) is 6.66. The second-order valence-corrected chi connectivity index (χ2v) is 8.10. The first kappa shape index (κ1) is 21.5. The lowest BCUT2D eigenvalue weighted by Gasteiger charge is -2.14. The number of hydrogen-bond donors (Lipinski definition) is 3. The van der Waals surface area contributed by atoms with Crippen molar-refractivity contribution in [3.05, 3.63) is 66.2 Å². The summed E-state index contributed by atoms with van der Waals surface area (Å²) in [4.78, 5) is 17.3. The van der Waals surface area contributed by atoms with Gasteiger partial charge in [-0.05, 0) is 48.6 Å². The Morgan fingerprint density at radius 2 is 1.75 bits per heavy atom. The molecule has 0 aliphatic heterocycles. The molecule has 162 valence electrons. The lowest BCUT2D eigenvalue weighted by molar-refractivity contribution is 0.0971. The van der Waals surface area contributed by atoms with Crippen LogP contribution in [-0.4, -0.2) is 35.3 Å². The van der Waals surface area contributed by atoms with E-state index >= 15 is 0 Å². The third-order valence-electron chi connectivity index (χ3n) is 4.66. The van der Waals surface area contributed by atoms with Crippen LogP contribution in [0.15, 0.2) is 60.7 Å². The van der Waals surface area contributed by atoms with E-state index < -0.39 is 5.91 Å². The van der Waals surface area contributed by atoms with E-state index in [4.69, 9.17) is 21.7 Å². The van der Waals surface area contributed by atoms with Crippen molar-refractivity contribution in [3.8, 4) is 27.8 Å². The topological polar surface area (TPSA) is 92.7 Å². The third kappa shape index (κ3) is 4.34. The molecular weight excluding hydrogens is 446 g/mol. The molecule has 0 aliphatic carbocycles. The number of hydrogen-bond acceptors (Lipinski definition) is 7. The van der Waals surface area contributed by atoms with Crippen LogP contribution in [0.1, 0.15) is 10.4 Å². The van der Waals surface area contributed by atoms with E-state index in [9.17, 15) is 9.90 Å². The molecule has 0 fully saturated rings. The Balaban J connectivity index is 1.49. The first-order valence-electron chi connectivity index (χ1n) is 9.52. The van der Waals surface area contributed by atoms with E-state index in [0.29, 0.717) is 22.7 Å². The van der Waals surface area contributed by atoms with Crippen LogP contribution < -0.4 is 20.1 Å². The van der Waals surface area contributed by atoms with Crippen molar-refractivity contribution in [2.45, 2.75) is 0 Å². The molecule has 0 unspecified atom stereocenters. The van der Waals surface area contributed by atoms with E-state index in [0.717, 1.165) is 15.2 Å². The van der Waals surface area contributed by atoms with Crippen LogP contribution in [0.4, 0.5) is 5.69 Å². The maximum atomic E-state index is 12.7. The van der Waals surface area contributed by atoms with Gasteiger partial charge in [-0.1, -0.05) is 18.2 Å². The summed E-state index contributed by atoms with van der Waals surface area (Å²) in [5.41, 5.74) is 2.25. The minimum Gasteiger partial charge on any atom is -0.507 e. The molecule has 1 heterocycles. The number of amides is 1. The fourth-order valence-electron chi connectivity index (χ4n) is 3.18. The smallest absolute Gasteiger partial charge is 0.264 e. The highest BCUT2D eigenvalue weighted by Crippen LogP contribution is 2.36. The van der Waals surface area contributed by atoms with Gasteiger partial charge in [-0.25, -0.2) is 4.98 Å². The number of phenolic OH excluding ortho intramolecular Hbond substituents is 1. The number of nitrogens with one attached hydrogen (secondary N) is 2. The quantitative estimate of drug-likeness (QED) is 0.364. The molecule has 1 amide bonds. The Bertz CT molecular complexity index is 1260. The van der Waals surface area contributed by atoms with E-state index in [2.05, 4.69) is 15.6 Å². The van der Waals surface area contributed by atoms with Gasteiger partial charge in [0.15, 0.2) is 5.11 Å². The number of benzene rings is 3. The highest BCUT2D eigenvalue weighted by molar-refractivity contribution is 7.80. The van der Waals surface area contributed by atoms with Crippen molar-refractivity contribution >= 4 is 50.5 Å². The van der Waals surface area contributed by atoms with Crippen LogP contribution >= 0.6 is 23.6 Å². The van der Waals surface area contributed by atoms with Crippen molar-refractivity contribution in [2.75, 3.05) is 19.5 Å². The number of nitrogens with zero attached hydrogens (tertiary/aromatic N) is 1. The SMILES string of the molecule is COc1cccc(OC)c1C(=O)NC(=S)Nc1ccc(-c2nc3ccccc3s2)c(O)c1. The summed E-state index contributed by atoms with van der Waals surface area (Å²) >= 11 is 6.77. The summed E-state index contributed by atoms with van der Waals surface area (Å²) in [6.45, 7) is 0. The number of rotatable bonds is 5. The number of aromatic nitrogens is 1. The van der Waals surface area contributed by atoms with Crippen LogP contribution in [0.3, 0.4) is 0 Å². The molecule has 32 heavy (non-hydrogen) atoms. The predicted molar refractivity (Wildman–Crippen MR) is 130 cm³/mol. The number of thiazole rings is 1. The van der Waals surface area contributed by atoms with Gasteiger partial charge in [0.25, 0.3) is 5.91 Å². The lowest BCUT2D eigenvalue weighted by Crippen LogP contribution is -2.34. The first-order chi connectivity index (χ1) is 15.5. The minimum absolute atomic E-state index is 0.0505. The molecule has 3 N–H and O–H groups in total. The van der Waals surface area contributed by atoms with Gasteiger partial charge in [-0.2, -0.15) is 0 Å². The molecule has 0 aliphatic rings. The Hall–Kier alpha value is -3.69. The molecule has 4 aromatic rings. The number of methoxy groups -OCH3 is 2. The summed E-state index contributed by atoms with van der Waals surface area (Å²) in [6.07, 6.45) is 0. The summed E-state index contributed by atoms with van der Waals surface area (Å²) in [7, 11) is 2.94. The molecule has 9 heteroatoms. The van der Waals surface area contributed by atoms with Gasteiger partial charge in [-0.15, -0.1) is 11.3 Å². The Labute approximate surface area is 193 Å². The molecular formula is C23H19N3O4S2. The largest absolute Gasteiger partial charge is 0.507 e. The zero-order valence-electron chi connectivity index (χ0n) is 17.2. The maximum Gasteiger partial charge on any atom is 0.264 e. The second kappa shape index (κ2) is 9.21. The number of phenols is 1. The summed E-state index contributed by atoms with van der Waals surface area (Å²) in [5, 5.41) is 16.8. The number of aromatic hydroxyl groups is 1. The molecule has 0 bridgehead atoms. The molecule has 0 radical (unpaired) electrons. The molecule has 3 aromatic carbocycles.